The van der Waals surface area contributed by atoms with E-state index in [-0.39, 0.29) is 22.9 Å². The first-order chi connectivity index (χ1) is 16.8. The molecule has 0 unspecified atom stereocenters. The summed E-state index contributed by atoms with van der Waals surface area (Å²) in [6.07, 6.45) is 1.43. The van der Waals surface area contributed by atoms with E-state index in [0.29, 0.717) is 28.0 Å². The number of esters is 1. The molecular formula is C26H24Cl2N2O5. The molecule has 1 amide bonds. The highest BCUT2D eigenvalue weighted by molar-refractivity contribution is 6.36. The second-order valence-electron chi connectivity index (χ2n) is 7.73. The van der Waals surface area contributed by atoms with Gasteiger partial charge in [-0.25, -0.2) is 10.2 Å². The number of ether oxygens (including phenoxy) is 3. The van der Waals surface area contributed by atoms with E-state index in [2.05, 4.69) is 24.4 Å². The lowest BCUT2D eigenvalue weighted by molar-refractivity contribution is -0.123. The summed E-state index contributed by atoms with van der Waals surface area (Å²) in [4.78, 5) is 24.5. The Morgan fingerprint density at radius 1 is 1.00 bits per heavy atom. The van der Waals surface area contributed by atoms with Crippen LogP contribution in [0.5, 0.6) is 17.2 Å². The normalized spacial score (nSPS) is 10.9. The Hall–Kier alpha value is -3.55. The Morgan fingerprint density at radius 2 is 1.74 bits per heavy atom. The van der Waals surface area contributed by atoms with Crippen molar-refractivity contribution >= 4 is 41.3 Å². The van der Waals surface area contributed by atoms with E-state index in [1.807, 2.05) is 24.3 Å². The number of amides is 1. The molecular weight excluding hydrogens is 491 g/mol. The average molecular weight is 515 g/mol. The number of carbonyl (C=O) groups excluding carboxylic acids is 2. The molecule has 0 atom stereocenters. The van der Waals surface area contributed by atoms with Crippen LogP contribution in [-0.4, -0.2) is 31.8 Å². The second-order valence-corrected chi connectivity index (χ2v) is 8.57. The number of rotatable bonds is 9. The van der Waals surface area contributed by atoms with Crippen LogP contribution in [0.4, 0.5) is 0 Å². The third kappa shape index (κ3) is 7.47. The van der Waals surface area contributed by atoms with Crippen LogP contribution in [0.25, 0.3) is 0 Å². The van der Waals surface area contributed by atoms with Crippen molar-refractivity contribution in [2.24, 2.45) is 5.10 Å². The van der Waals surface area contributed by atoms with Crippen LogP contribution in [0.2, 0.25) is 10.0 Å². The molecule has 3 rings (SSSR count). The largest absolute Gasteiger partial charge is 0.493 e. The van der Waals surface area contributed by atoms with Gasteiger partial charge in [-0.3, -0.25) is 4.79 Å². The molecule has 0 spiro atoms. The number of halogens is 2. The third-order valence-corrected chi connectivity index (χ3v) is 5.41. The van der Waals surface area contributed by atoms with Gasteiger partial charge in [-0.15, -0.1) is 0 Å². The minimum Gasteiger partial charge on any atom is -0.493 e. The molecule has 0 bridgehead atoms. The zero-order chi connectivity index (χ0) is 25.4. The standard InChI is InChI=1S/C26H24Cl2N2O5/c1-16(2)18-5-8-20(9-6-18)34-15-25(31)30-29-14-17-4-11-23(24(12-17)33-3)35-26(32)21-10-7-19(27)13-22(21)28/h4-14,16H,15H2,1-3H3,(H,30,31). The minimum absolute atomic E-state index is 0.171. The van der Waals surface area contributed by atoms with Crippen LogP contribution in [0.3, 0.4) is 0 Å². The minimum atomic E-state index is -0.655. The van der Waals surface area contributed by atoms with Crippen LogP contribution in [0.15, 0.2) is 65.8 Å². The molecule has 0 aromatic heterocycles. The summed E-state index contributed by atoms with van der Waals surface area (Å²) in [6.45, 7) is 4.03. The van der Waals surface area contributed by atoms with Crippen molar-refractivity contribution < 1.29 is 23.8 Å². The van der Waals surface area contributed by atoms with Gasteiger partial charge in [0.25, 0.3) is 5.91 Å². The van der Waals surface area contributed by atoms with E-state index in [0.717, 1.165) is 0 Å². The molecule has 0 saturated heterocycles. The van der Waals surface area contributed by atoms with Gasteiger partial charge in [0, 0.05) is 5.02 Å². The lowest BCUT2D eigenvalue weighted by atomic mass is 10.0. The molecule has 0 aliphatic carbocycles. The molecule has 1 N–H and O–H groups in total. The first kappa shape index (κ1) is 26.1. The summed E-state index contributed by atoms with van der Waals surface area (Å²) < 4.78 is 16.2. The van der Waals surface area contributed by atoms with Gasteiger partial charge in [0.15, 0.2) is 18.1 Å². The molecule has 0 radical (unpaired) electrons. The number of carbonyl (C=O) groups is 2. The fourth-order valence-corrected chi connectivity index (χ4v) is 3.45. The predicted octanol–water partition coefficient (Wildman–Crippen LogP) is 5.87. The SMILES string of the molecule is COc1cc(C=NNC(=O)COc2ccc(C(C)C)cc2)ccc1OC(=O)c1ccc(Cl)cc1Cl. The zero-order valence-corrected chi connectivity index (χ0v) is 20.9. The highest BCUT2D eigenvalue weighted by Crippen LogP contribution is 2.30. The summed E-state index contributed by atoms with van der Waals surface area (Å²) in [7, 11) is 1.44. The fraction of sp³-hybridized carbons (Fsp3) is 0.192. The quantitative estimate of drug-likeness (QED) is 0.167. The van der Waals surface area contributed by atoms with Gasteiger partial charge in [0.2, 0.25) is 0 Å². The van der Waals surface area contributed by atoms with Crippen molar-refractivity contribution in [1.82, 2.24) is 5.43 Å². The van der Waals surface area contributed by atoms with Crippen molar-refractivity contribution in [2.75, 3.05) is 13.7 Å². The molecule has 35 heavy (non-hydrogen) atoms. The number of hydrazone groups is 1. The maximum atomic E-state index is 12.5. The van der Waals surface area contributed by atoms with E-state index in [9.17, 15) is 9.59 Å². The van der Waals surface area contributed by atoms with Crippen molar-refractivity contribution in [1.29, 1.82) is 0 Å². The van der Waals surface area contributed by atoms with E-state index in [1.54, 1.807) is 24.3 Å². The summed E-state index contributed by atoms with van der Waals surface area (Å²) in [6, 6.07) is 16.9. The fourth-order valence-electron chi connectivity index (χ4n) is 2.97. The highest BCUT2D eigenvalue weighted by atomic mass is 35.5. The molecule has 9 heteroatoms. The molecule has 0 heterocycles. The maximum absolute atomic E-state index is 12.5. The monoisotopic (exact) mass is 514 g/mol. The number of methoxy groups -OCH3 is 1. The molecule has 0 aliphatic heterocycles. The van der Waals surface area contributed by atoms with Crippen LogP contribution < -0.4 is 19.6 Å². The number of nitrogens with one attached hydrogen (secondary N) is 1. The Bertz CT molecular complexity index is 1230. The third-order valence-electron chi connectivity index (χ3n) is 4.86. The smallest absolute Gasteiger partial charge is 0.345 e. The van der Waals surface area contributed by atoms with Crippen molar-refractivity contribution in [3.05, 3.63) is 87.4 Å². The number of nitrogens with zero attached hydrogens (tertiary/aromatic N) is 1. The van der Waals surface area contributed by atoms with Gasteiger partial charge >= 0.3 is 5.97 Å². The lowest BCUT2D eigenvalue weighted by Gasteiger charge is -2.11. The molecule has 3 aromatic carbocycles. The maximum Gasteiger partial charge on any atom is 0.345 e. The molecule has 0 fully saturated rings. The Morgan fingerprint density at radius 3 is 2.40 bits per heavy atom. The lowest BCUT2D eigenvalue weighted by Crippen LogP contribution is -2.24. The topological polar surface area (TPSA) is 86.2 Å². The molecule has 7 nitrogen and oxygen atoms in total. The average Bonchev–Trinajstić information content (AvgIpc) is 2.83. The van der Waals surface area contributed by atoms with E-state index in [1.165, 1.54) is 31.0 Å². The van der Waals surface area contributed by atoms with Crippen LogP contribution >= 0.6 is 23.2 Å². The Kier molecular flexibility index (Phi) is 9.11. The van der Waals surface area contributed by atoms with Gasteiger partial charge in [-0.2, -0.15) is 5.10 Å². The first-order valence-corrected chi connectivity index (χ1v) is 11.4. The summed E-state index contributed by atoms with van der Waals surface area (Å²) in [5.74, 6) is 0.448. The van der Waals surface area contributed by atoms with Gasteiger partial charge in [0.05, 0.1) is 23.9 Å². The van der Waals surface area contributed by atoms with Crippen molar-refractivity contribution in [3.8, 4) is 17.2 Å². The van der Waals surface area contributed by atoms with E-state index < -0.39 is 11.9 Å². The second kappa shape index (κ2) is 12.2. The van der Waals surface area contributed by atoms with Crippen LogP contribution in [0, 0.1) is 0 Å². The number of benzene rings is 3. The Labute approximate surface area is 213 Å². The molecule has 0 saturated carbocycles. The van der Waals surface area contributed by atoms with Gasteiger partial charge in [-0.05, 0) is 65.6 Å². The van der Waals surface area contributed by atoms with E-state index in [4.69, 9.17) is 37.4 Å². The number of hydrogen-bond donors (Lipinski definition) is 1. The summed E-state index contributed by atoms with van der Waals surface area (Å²) in [5, 5.41) is 4.51. The molecule has 3 aromatic rings. The first-order valence-electron chi connectivity index (χ1n) is 10.7. The van der Waals surface area contributed by atoms with E-state index >= 15 is 0 Å². The van der Waals surface area contributed by atoms with Crippen molar-refractivity contribution in [3.63, 3.8) is 0 Å². The van der Waals surface area contributed by atoms with Crippen molar-refractivity contribution in [2.45, 2.75) is 19.8 Å². The van der Waals surface area contributed by atoms with Crippen LogP contribution in [-0.2, 0) is 4.79 Å². The zero-order valence-electron chi connectivity index (χ0n) is 19.4. The predicted molar refractivity (Wildman–Crippen MR) is 136 cm³/mol. The highest BCUT2D eigenvalue weighted by Gasteiger charge is 2.16. The van der Waals surface area contributed by atoms with Gasteiger partial charge < -0.3 is 14.2 Å². The molecule has 0 aliphatic rings. The van der Waals surface area contributed by atoms with Gasteiger partial charge in [-0.1, -0.05) is 49.2 Å². The van der Waals surface area contributed by atoms with Gasteiger partial charge in [0.1, 0.15) is 5.75 Å². The summed E-state index contributed by atoms with van der Waals surface area (Å²) >= 11 is 11.9. The van der Waals surface area contributed by atoms with Crippen LogP contribution in [0.1, 0.15) is 41.3 Å². The summed E-state index contributed by atoms with van der Waals surface area (Å²) in [5.41, 5.74) is 4.37. The molecule has 182 valence electrons. The Balaban J connectivity index is 1.55. The number of hydrogen-bond acceptors (Lipinski definition) is 6.